The summed E-state index contributed by atoms with van der Waals surface area (Å²) in [6.45, 7) is 9.86. The molecule has 3 aromatic carbocycles. The molecule has 0 spiro atoms. The van der Waals surface area contributed by atoms with Crippen LogP contribution in [0.1, 0.15) is 35.2 Å². The van der Waals surface area contributed by atoms with Gasteiger partial charge in [0.1, 0.15) is 18.4 Å². The number of hydrogen-bond donors (Lipinski definition) is 1. The Hall–Kier alpha value is -4.17. The van der Waals surface area contributed by atoms with E-state index in [9.17, 15) is 9.59 Å². The lowest BCUT2D eigenvalue weighted by Crippen LogP contribution is -2.37. The number of ketones is 1. The number of methoxy groups -OCH3 is 1. The molecule has 0 saturated heterocycles. The molecule has 1 unspecified atom stereocenters. The van der Waals surface area contributed by atoms with Crippen LogP contribution in [0.4, 0.5) is 0 Å². The summed E-state index contributed by atoms with van der Waals surface area (Å²) in [6, 6.07) is 24.5. The Kier molecular flexibility index (Phi) is 9.78. The zero-order valence-corrected chi connectivity index (χ0v) is 25.5. The van der Waals surface area contributed by atoms with E-state index in [1.165, 1.54) is 5.19 Å². The van der Waals surface area contributed by atoms with Gasteiger partial charge in [0.2, 0.25) is 11.8 Å². The van der Waals surface area contributed by atoms with Gasteiger partial charge in [-0.2, -0.15) is 0 Å². The van der Waals surface area contributed by atoms with E-state index >= 15 is 0 Å². The average Bonchev–Trinajstić information content (AvgIpc) is 3.36. The number of nitrogens with one attached hydrogen (secondary N) is 1. The summed E-state index contributed by atoms with van der Waals surface area (Å²) in [6.07, 6.45) is 2.07. The van der Waals surface area contributed by atoms with E-state index in [0.717, 1.165) is 11.1 Å². The van der Waals surface area contributed by atoms with Crippen LogP contribution in [0.3, 0.4) is 0 Å². The maximum Gasteiger partial charge on any atom is 0.236 e. The Bertz CT molecular complexity index is 1440. The molecule has 4 rings (SSSR count). The molecule has 1 atom stereocenters. The molecule has 7 nitrogen and oxygen atoms in total. The molecule has 0 bridgehead atoms. The highest BCUT2D eigenvalue weighted by molar-refractivity contribution is 6.88. The molecule has 0 radical (unpaired) electrons. The fourth-order valence-corrected chi connectivity index (χ4v) is 5.70. The van der Waals surface area contributed by atoms with Crippen molar-refractivity contribution >= 4 is 25.0 Å². The topological polar surface area (TPSA) is 82.5 Å². The first kappa shape index (κ1) is 29.8. The molecule has 8 heteroatoms. The van der Waals surface area contributed by atoms with Crippen LogP contribution in [-0.4, -0.2) is 36.7 Å². The van der Waals surface area contributed by atoms with Crippen molar-refractivity contribution in [1.82, 2.24) is 15.1 Å². The Labute approximate surface area is 243 Å². The van der Waals surface area contributed by atoms with E-state index in [-0.39, 0.29) is 24.5 Å². The number of aryl methyl sites for hydroxylation is 1. The third-order valence-electron chi connectivity index (χ3n) is 6.97. The molecule has 0 fully saturated rings. The lowest BCUT2D eigenvalue weighted by Gasteiger charge is -2.20. The zero-order valence-electron chi connectivity index (χ0n) is 24.5. The van der Waals surface area contributed by atoms with E-state index in [4.69, 9.17) is 9.47 Å². The molecule has 0 aliphatic rings. The van der Waals surface area contributed by atoms with E-state index in [0.29, 0.717) is 35.9 Å². The zero-order chi connectivity index (χ0) is 29.4. The van der Waals surface area contributed by atoms with E-state index < -0.39 is 14.1 Å². The van der Waals surface area contributed by atoms with Crippen LogP contribution < -0.4 is 20.0 Å². The van der Waals surface area contributed by atoms with E-state index in [2.05, 4.69) is 42.2 Å². The van der Waals surface area contributed by atoms with E-state index in [1.807, 2.05) is 67.7 Å². The number of amides is 1. The lowest BCUT2D eigenvalue weighted by molar-refractivity contribution is -0.127. The average molecular weight is 570 g/mol. The molecule has 214 valence electrons. The van der Waals surface area contributed by atoms with Crippen molar-refractivity contribution in [1.29, 1.82) is 0 Å². The Morgan fingerprint density at radius 2 is 1.59 bits per heavy atom. The molecule has 4 aromatic rings. The minimum atomic E-state index is -1.44. The van der Waals surface area contributed by atoms with Crippen molar-refractivity contribution < 1.29 is 19.1 Å². The molecule has 1 amide bonds. The Balaban J connectivity index is 1.51. The summed E-state index contributed by atoms with van der Waals surface area (Å²) < 4.78 is 13.0. The van der Waals surface area contributed by atoms with Gasteiger partial charge in [-0.25, -0.2) is 0 Å². The fraction of sp³-hybridized carbons (Fsp3) is 0.303. The predicted octanol–water partition coefficient (Wildman–Crippen LogP) is 5.25. The van der Waals surface area contributed by atoms with Crippen LogP contribution in [0.25, 0.3) is 0 Å². The van der Waals surface area contributed by atoms with Gasteiger partial charge in [-0.3, -0.25) is 14.3 Å². The van der Waals surface area contributed by atoms with Crippen LogP contribution in [0.2, 0.25) is 19.6 Å². The number of nitrogens with zero attached hydrogens (tertiary/aromatic N) is 2. The van der Waals surface area contributed by atoms with Crippen LogP contribution in [0, 0.1) is 0 Å². The minimum Gasteiger partial charge on any atom is -0.497 e. The molecule has 0 aliphatic carbocycles. The van der Waals surface area contributed by atoms with Gasteiger partial charge in [0.25, 0.3) is 0 Å². The smallest absolute Gasteiger partial charge is 0.236 e. The lowest BCUT2D eigenvalue weighted by atomic mass is 9.97. The molecule has 1 heterocycles. The number of carbonyl (C=O) groups excluding carboxylic acids is 2. The van der Waals surface area contributed by atoms with Crippen LogP contribution >= 0.6 is 0 Å². The van der Waals surface area contributed by atoms with Crippen molar-refractivity contribution in [2.75, 3.05) is 7.11 Å². The summed E-state index contributed by atoms with van der Waals surface area (Å²) in [5.74, 6) is 0.726. The first-order chi connectivity index (χ1) is 19.7. The van der Waals surface area contributed by atoms with Gasteiger partial charge in [0, 0.05) is 24.7 Å². The quantitative estimate of drug-likeness (QED) is 0.223. The highest BCUT2D eigenvalue weighted by Gasteiger charge is 2.25. The van der Waals surface area contributed by atoms with Crippen molar-refractivity contribution in [3.8, 4) is 11.6 Å². The first-order valence-electron chi connectivity index (χ1n) is 13.9. The third-order valence-corrected chi connectivity index (χ3v) is 9.03. The highest BCUT2D eigenvalue weighted by Crippen LogP contribution is 2.22. The van der Waals surface area contributed by atoms with Crippen molar-refractivity contribution in [2.24, 2.45) is 0 Å². The van der Waals surface area contributed by atoms with Gasteiger partial charge >= 0.3 is 0 Å². The Morgan fingerprint density at radius 1 is 0.902 bits per heavy atom. The van der Waals surface area contributed by atoms with Gasteiger partial charge in [0.05, 0.1) is 21.6 Å². The Morgan fingerprint density at radius 3 is 2.20 bits per heavy atom. The number of aromatic nitrogens is 2. The summed E-state index contributed by atoms with van der Waals surface area (Å²) in [5.41, 5.74) is 3.30. The predicted molar refractivity (Wildman–Crippen MR) is 164 cm³/mol. The SMILES string of the molecule is CCn1cc(CC(=O)NC(C(=O)Cc2ccc([Si](C)(C)C)cc2)c2ccc(OC)cc2)c(OCc2ccccc2)n1. The second-order valence-electron chi connectivity index (χ2n) is 11.1. The maximum absolute atomic E-state index is 13.6. The minimum absolute atomic E-state index is 0.0367. The van der Waals surface area contributed by atoms with Gasteiger partial charge in [0.15, 0.2) is 5.78 Å². The highest BCUT2D eigenvalue weighted by atomic mass is 28.3. The van der Waals surface area contributed by atoms with Crippen molar-refractivity contribution in [2.45, 2.75) is 58.6 Å². The summed E-state index contributed by atoms with van der Waals surface area (Å²) >= 11 is 0. The maximum atomic E-state index is 13.6. The molecule has 41 heavy (non-hydrogen) atoms. The molecule has 1 N–H and O–H groups in total. The van der Waals surface area contributed by atoms with Gasteiger partial charge in [-0.05, 0) is 35.7 Å². The van der Waals surface area contributed by atoms with Crippen molar-refractivity contribution in [3.63, 3.8) is 0 Å². The van der Waals surface area contributed by atoms with Gasteiger partial charge < -0.3 is 14.8 Å². The standard InChI is InChI=1S/C33H39N3O4Si/c1-6-36-22-27(33(35-36)40-23-25-10-8-7-9-11-25)21-31(38)34-32(26-14-16-28(39-2)17-15-26)30(37)20-24-12-18-29(19-13-24)41(3,4)5/h7-19,22,32H,6,20-21,23H2,1-5H3,(H,34,38). The van der Waals surface area contributed by atoms with Crippen LogP contribution in [0.15, 0.2) is 85.1 Å². The molecular formula is C33H39N3O4Si. The molecule has 1 aromatic heterocycles. The normalized spacial score (nSPS) is 12.0. The van der Waals surface area contributed by atoms with E-state index in [1.54, 1.807) is 23.9 Å². The number of benzene rings is 3. The summed E-state index contributed by atoms with van der Waals surface area (Å²) in [5, 5.41) is 8.83. The number of carbonyl (C=O) groups is 2. The van der Waals surface area contributed by atoms with Gasteiger partial charge in [-0.1, -0.05) is 91.6 Å². The van der Waals surface area contributed by atoms with Gasteiger partial charge in [-0.15, -0.1) is 5.10 Å². The van der Waals surface area contributed by atoms with Crippen molar-refractivity contribution in [3.05, 3.63) is 107 Å². The number of ether oxygens (including phenoxy) is 2. The first-order valence-corrected chi connectivity index (χ1v) is 17.4. The largest absolute Gasteiger partial charge is 0.497 e. The third kappa shape index (κ3) is 8.17. The summed E-state index contributed by atoms with van der Waals surface area (Å²) in [7, 11) is 0.154. The molecular weight excluding hydrogens is 530 g/mol. The fourth-order valence-electron chi connectivity index (χ4n) is 4.53. The molecule has 0 saturated carbocycles. The number of hydrogen-bond acceptors (Lipinski definition) is 5. The second kappa shape index (κ2) is 13.5. The molecule has 0 aliphatic heterocycles. The number of rotatable bonds is 13. The summed E-state index contributed by atoms with van der Waals surface area (Å²) in [4.78, 5) is 27.0. The second-order valence-corrected chi connectivity index (χ2v) is 16.2. The number of Topliss-reactive ketones (excluding diaryl/α,β-unsaturated/α-hetero) is 1. The monoisotopic (exact) mass is 569 g/mol. The van der Waals surface area contributed by atoms with Crippen LogP contribution in [0.5, 0.6) is 11.6 Å². The van der Waals surface area contributed by atoms with Crippen LogP contribution in [-0.2, 0) is 35.6 Å².